The molecule has 1 saturated carbocycles. The second-order valence-corrected chi connectivity index (χ2v) is 6.01. The van der Waals surface area contributed by atoms with Crippen LogP contribution in [0.25, 0.3) is 0 Å². The first-order valence-corrected chi connectivity index (χ1v) is 7.69. The summed E-state index contributed by atoms with van der Waals surface area (Å²) < 4.78 is 0. The van der Waals surface area contributed by atoms with Crippen LogP contribution in [-0.2, 0) is 0 Å². The zero-order chi connectivity index (χ0) is 13.1. The maximum atomic E-state index is 12.3. The lowest BCUT2D eigenvalue weighted by atomic mass is 9.83. The SMILES string of the molecule is O=C(c1ccc(C2CCCCC2)cc1)C1CCNC1. The molecule has 0 aromatic heterocycles. The van der Waals surface area contributed by atoms with Crippen molar-refractivity contribution in [3.63, 3.8) is 0 Å². The Balaban J connectivity index is 1.69. The molecule has 1 N–H and O–H groups in total. The van der Waals surface area contributed by atoms with Gasteiger partial charge in [-0.25, -0.2) is 0 Å². The molecule has 19 heavy (non-hydrogen) atoms. The number of carbonyl (C=O) groups is 1. The van der Waals surface area contributed by atoms with Crippen LogP contribution in [0.2, 0.25) is 0 Å². The number of rotatable bonds is 3. The molecule has 2 fully saturated rings. The van der Waals surface area contributed by atoms with Gasteiger partial charge < -0.3 is 5.32 Å². The number of benzene rings is 1. The van der Waals surface area contributed by atoms with Gasteiger partial charge in [0.1, 0.15) is 0 Å². The van der Waals surface area contributed by atoms with Crippen molar-refractivity contribution in [1.29, 1.82) is 0 Å². The van der Waals surface area contributed by atoms with Crippen molar-refractivity contribution < 1.29 is 4.79 Å². The number of hydrogen-bond acceptors (Lipinski definition) is 2. The Labute approximate surface area is 115 Å². The maximum Gasteiger partial charge on any atom is 0.167 e. The van der Waals surface area contributed by atoms with Crippen molar-refractivity contribution in [3.8, 4) is 0 Å². The summed E-state index contributed by atoms with van der Waals surface area (Å²) in [6, 6.07) is 8.46. The van der Waals surface area contributed by atoms with Crippen LogP contribution >= 0.6 is 0 Å². The molecule has 1 atom stereocenters. The van der Waals surface area contributed by atoms with Crippen LogP contribution in [0, 0.1) is 5.92 Å². The number of carbonyl (C=O) groups excluding carboxylic acids is 1. The Morgan fingerprint density at radius 1 is 1.00 bits per heavy atom. The lowest BCUT2D eigenvalue weighted by Crippen LogP contribution is -2.18. The highest BCUT2D eigenvalue weighted by Gasteiger charge is 2.23. The van der Waals surface area contributed by atoms with Gasteiger partial charge in [-0.2, -0.15) is 0 Å². The second-order valence-electron chi connectivity index (χ2n) is 6.01. The molecule has 1 heterocycles. The topological polar surface area (TPSA) is 29.1 Å². The van der Waals surface area contributed by atoms with E-state index in [2.05, 4.69) is 17.4 Å². The Bertz CT molecular complexity index is 425. The molecule has 1 aromatic carbocycles. The van der Waals surface area contributed by atoms with E-state index in [1.54, 1.807) is 0 Å². The van der Waals surface area contributed by atoms with E-state index in [0.717, 1.165) is 31.0 Å². The van der Waals surface area contributed by atoms with Crippen LogP contribution in [0.4, 0.5) is 0 Å². The van der Waals surface area contributed by atoms with Crippen molar-refractivity contribution in [3.05, 3.63) is 35.4 Å². The molecular weight excluding hydrogens is 234 g/mol. The lowest BCUT2D eigenvalue weighted by molar-refractivity contribution is 0.0930. The quantitative estimate of drug-likeness (QED) is 0.839. The number of Topliss-reactive ketones (excluding diaryl/α,β-unsaturated/α-hetero) is 1. The van der Waals surface area contributed by atoms with Crippen molar-refractivity contribution in [2.45, 2.75) is 44.4 Å². The monoisotopic (exact) mass is 257 g/mol. The van der Waals surface area contributed by atoms with E-state index in [0.29, 0.717) is 5.78 Å². The molecule has 2 aliphatic rings. The third kappa shape index (κ3) is 2.89. The minimum Gasteiger partial charge on any atom is -0.316 e. The standard InChI is InChI=1S/C17H23NO/c19-17(16-10-11-18-12-16)15-8-6-14(7-9-15)13-4-2-1-3-5-13/h6-9,13,16,18H,1-5,10-12H2. The van der Waals surface area contributed by atoms with Crippen LogP contribution in [0.5, 0.6) is 0 Å². The summed E-state index contributed by atoms with van der Waals surface area (Å²) in [5, 5.41) is 3.27. The first kappa shape index (κ1) is 12.9. The minimum atomic E-state index is 0.195. The zero-order valence-corrected chi connectivity index (χ0v) is 11.5. The molecule has 0 bridgehead atoms. The summed E-state index contributed by atoms with van der Waals surface area (Å²) in [4.78, 5) is 12.3. The molecule has 1 aromatic rings. The van der Waals surface area contributed by atoms with Gasteiger partial charge in [0.25, 0.3) is 0 Å². The molecule has 1 aliphatic carbocycles. The highest BCUT2D eigenvalue weighted by molar-refractivity contribution is 5.98. The van der Waals surface area contributed by atoms with E-state index in [1.807, 2.05) is 12.1 Å². The van der Waals surface area contributed by atoms with Crippen molar-refractivity contribution in [2.24, 2.45) is 5.92 Å². The van der Waals surface area contributed by atoms with Gasteiger partial charge in [0.15, 0.2) is 5.78 Å². The van der Waals surface area contributed by atoms with Crippen LogP contribution < -0.4 is 5.32 Å². The average molecular weight is 257 g/mol. The number of nitrogens with one attached hydrogen (secondary N) is 1. The normalized spacial score (nSPS) is 24.5. The minimum absolute atomic E-state index is 0.195. The molecule has 1 aliphatic heterocycles. The van der Waals surface area contributed by atoms with Crippen LogP contribution in [0.1, 0.15) is 60.4 Å². The molecule has 3 rings (SSSR count). The predicted molar refractivity (Wildman–Crippen MR) is 77.6 cm³/mol. The third-order valence-corrected chi connectivity index (χ3v) is 4.70. The molecule has 0 spiro atoms. The Morgan fingerprint density at radius 3 is 2.37 bits per heavy atom. The number of ketones is 1. The molecule has 2 nitrogen and oxygen atoms in total. The van der Waals surface area contributed by atoms with Crippen molar-refractivity contribution >= 4 is 5.78 Å². The first-order chi connectivity index (χ1) is 9.34. The first-order valence-electron chi connectivity index (χ1n) is 7.69. The molecule has 0 radical (unpaired) electrons. The highest BCUT2D eigenvalue weighted by Crippen LogP contribution is 2.32. The fourth-order valence-corrected chi connectivity index (χ4v) is 3.47. The average Bonchev–Trinajstić information content (AvgIpc) is 3.02. The molecule has 1 unspecified atom stereocenters. The van der Waals surface area contributed by atoms with Gasteiger partial charge in [0.2, 0.25) is 0 Å². The highest BCUT2D eigenvalue weighted by atomic mass is 16.1. The van der Waals surface area contributed by atoms with E-state index in [1.165, 1.54) is 37.7 Å². The Morgan fingerprint density at radius 2 is 1.74 bits per heavy atom. The van der Waals surface area contributed by atoms with Crippen molar-refractivity contribution in [1.82, 2.24) is 5.32 Å². The molecule has 0 amide bonds. The maximum absolute atomic E-state index is 12.3. The van der Waals surface area contributed by atoms with E-state index in [9.17, 15) is 4.79 Å². The Kier molecular flexibility index (Phi) is 3.97. The van der Waals surface area contributed by atoms with Crippen LogP contribution in [0.15, 0.2) is 24.3 Å². The van der Waals surface area contributed by atoms with Gasteiger partial charge in [0.05, 0.1) is 0 Å². The van der Waals surface area contributed by atoms with E-state index < -0.39 is 0 Å². The summed E-state index contributed by atoms with van der Waals surface area (Å²) in [7, 11) is 0. The molecule has 102 valence electrons. The summed E-state index contributed by atoms with van der Waals surface area (Å²) in [6.45, 7) is 1.83. The third-order valence-electron chi connectivity index (χ3n) is 4.70. The van der Waals surface area contributed by atoms with Crippen LogP contribution in [0.3, 0.4) is 0 Å². The van der Waals surface area contributed by atoms with Gasteiger partial charge in [-0.1, -0.05) is 43.5 Å². The van der Waals surface area contributed by atoms with E-state index in [4.69, 9.17) is 0 Å². The summed E-state index contributed by atoms with van der Waals surface area (Å²) in [6.07, 6.45) is 7.74. The van der Waals surface area contributed by atoms with Crippen LogP contribution in [-0.4, -0.2) is 18.9 Å². The lowest BCUT2D eigenvalue weighted by Gasteiger charge is -2.22. The van der Waals surface area contributed by atoms with Gasteiger partial charge in [0, 0.05) is 18.0 Å². The summed E-state index contributed by atoms with van der Waals surface area (Å²) >= 11 is 0. The molecule has 1 saturated heterocycles. The zero-order valence-electron chi connectivity index (χ0n) is 11.5. The fraction of sp³-hybridized carbons (Fsp3) is 0.588. The van der Waals surface area contributed by atoms with E-state index in [-0.39, 0.29) is 5.92 Å². The summed E-state index contributed by atoms with van der Waals surface area (Å²) in [5.74, 6) is 1.24. The molecule has 2 heteroatoms. The van der Waals surface area contributed by atoms with Gasteiger partial charge >= 0.3 is 0 Å². The fourth-order valence-electron chi connectivity index (χ4n) is 3.47. The van der Waals surface area contributed by atoms with Gasteiger partial charge in [-0.3, -0.25) is 4.79 Å². The predicted octanol–water partition coefficient (Wildman–Crippen LogP) is 3.53. The van der Waals surface area contributed by atoms with Gasteiger partial charge in [-0.05, 0) is 37.3 Å². The van der Waals surface area contributed by atoms with Crippen molar-refractivity contribution in [2.75, 3.05) is 13.1 Å². The van der Waals surface area contributed by atoms with Gasteiger partial charge in [-0.15, -0.1) is 0 Å². The second kappa shape index (κ2) is 5.87. The van der Waals surface area contributed by atoms with E-state index >= 15 is 0 Å². The Hall–Kier alpha value is -1.15. The smallest absolute Gasteiger partial charge is 0.167 e. The largest absolute Gasteiger partial charge is 0.316 e. The molecular formula is C17H23NO. The number of hydrogen-bond donors (Lipinski definition) is 1. The summed E-state index contributed by atoms with van der Waals surface area (Å²) in [5.41, 5.74) is 2.33.